The van der Waals surface area contributed by atoms with E-state index >= 15 is 0 Å². The average Bonchev–Trinajstić information content (AvgIpc) is 2.46. The second-order valence-corrected chi connectivity index (χ2v) is 5.15. The van der Waals surface area contributed by atoms with Crippen LogP contribution in [0.15, 0.2) is 42.5 Å². The molecule has 0 fully saturated rings. The van der Waals surface area contributed by atoms with Crippen LogP contribution >= 0.6 is 0 Å². The number of amides is 1. The highest BCUT2D eigenvalue weighted by Crippen LogP contribution is 2.27. The molecular formula is C17H22N2O. The zero-order chi connectivity index (χ0) is 14.5. The maximum atomic E-state index is 12.4. The molecule has 3 nitrogen and oxygen atoms in total. The number of carbonyl (C=O) groups excluding carboxylic acids is 1. The standard InChI is InChI=1S/C17H22N2O/c1-3-19(17(20)12-11-13(2)18)16-10-6-8-14-7-4-5-9-15(14)16/h4-10,13H,3,11-12,18H2,1-2H3. The fourth-order valence-electron chi connectivity index (χ4n) is 2.41. The minimum absolute atomic E-state index is 0.0603. The third kappa shape index (κ3) is 3.17. The van der Waals surface area contributed by atoms with E-state index in [0.717, 1.165) is 22.9 Å². The second kappa shape index (κ2) is 6.53. The maximum Gasteiger partial charge on any atom is 0.227 e. The van der Waals surface area contributed by atoms with E-state index in [0.29, 0.717) is 13.0 Å². The molecule has 3 heteroatoms. The van der Waals surface area contributed by atoms with E-state index in [1.807, 2.05) is 43.0 Å². The number of fused-ring (bicyclic) bond motifs is 1. The molecule has 1 unspecified atom stereocenters. The molecule has 0 aromatic heterocycles. The molecule has 2 aromatic carbocycles. The van der Waals surface area contributed by atoms with Crippen LogP contribution < -0.4 is 10.6 Å². The Kier molecular flexibility index (Phi) is 4.74. The van der Waals surface area contributed by atoms with Gasteiger partial charge in [0, 0.05) is 24.4 Å². The Morgan fingerprint density at radius 3 is 2.60 bits per heavy atom. The number of hydrogen-bond donors (Lipinski definition) is 1. The highest BCUT2D eigenvalue weighted by Gasteiger charge is 2.16. The Labute approximate surface area is 120 Å². The number of nitrogens with two attached hydrogens (primary N) is 1. The molecule has 0 aliphatic rings. The van der Waals surface area contributed by atoms with E-state index in [1.165, 1.54) is 0 Å². The summed E-state index contributed by atoms with van der Waals surface area (Å²) < 4.78 is 0. The summed E-state index contributed by atoms with van der Waals surface area (Å²) in [6, 6.07) is 14.3. The Hall–Kier alpha value is -1.87. The van der Waals surface area contributed by atoms with Crippen LogP contribution in [0.5, 0.6) is 0 Å². The SMILES string of the molecule is CCN(C(=O)CCC(C)N)c1cccc2ccccc12. The molecule has 0 aliphatic carbocycles. The second-order valence-electron chi connectivity index (χ2n) is 5.15. The summed E-state index contributed by atoms with van der Waals surface area (Å²) in [4.78, 5) is 14.2. The van der Waals surface area contributed by atoms with Crippen LogP contribution in [0.1, 0.15) is 26.7 Å². The van der Waals surface area contributed by atoms with Gasteiger partial charge < -0.3 is 10.6 Å². The molecule has 0 bridgehead atoms. The van der Waals surface area contributed by atoms with Crippen molar-refractivity contribution in [3.8, 4) is 0 Å². The van der Waals surface area contributed by atoms with E-state index in [-0.39, 0.29) is 11.9 Å². The summed E-state index contributed by atoms with van der Waals surface area (Å²) in [5, 5.41) is 2.27. The number of anilines is 1. The highest BCUT2D eigenvalue weighted by molar-refractivity contribution is 6.03. The van der Waals surface area contributed by atoms with Crippen molar-refractivity contribution >= 4 is 22.4 Å². The Morgan fingerprint density at radius 2 is 1.90 bits per heavy atom. The maximum absolute atomic E-state index is 12.4. The third-order valence-electron chi connectivity index (χ3n) is 3.49. The van der Waals surface area contributed by atoms with Gasteiger partial charge in [-0.2, -0.15) is 0 Å². The first kappa shape index (κ1) is 14.5. The quantitative estimate of drug-likeness (QED) is 0.906. The van der Waals surface area contributed by atoms with Gasteiger partial charge in [-0.15, -0.1) is 0 Å². The number of carbonyl (C=O) groups is 1. The summed E-state index contributed by atoms with van der Waals surface area (Å²) in [6.07, 6.45) is 1.22. The third-order valence-corrected chi connectivity index (χ3v) is 3.49. The molecule has 2 aromatic rings. The average molecular weight is 270 g/mol. The van der Waals surface area contributed by atoms with Crippen molar-refractivity contribution in [1.29, 1.82) is 0 Å². The van der Waals surface area contributed by atoms with Gasteiger partial charge in [-0.3, -0.25) is 4.79 Å². The highest BCUT2D eigenvalue weighted by atomic mass is 16.2. The van der Waals surface area contributed by atoms with Gasteiger partial charge in [0.1, 0.15) is 0 Å². The predicted octanol–water partition coefficient (Wildman–Crippen LogP) is 3.32. The molecule has 0 aliphatic heterocycles. The molecule has 2 rings (SSSR count). The van der Waals surface area contributed by atoms with Gasteiger partial charge in [-0.05, 0) is 31.7 Å². The summed E-state index contributed by atoms with van der Waals surface area (Å²) in [5.41, 5.74) is 6.73. The van der Waals surface area contributed by atoms with Gasteiger partial charge in [0.15, 0.2) is 0 Å². The van der Waals surface area contributed by atoms with Crippen molar-refractivity contribution < 1.29 is 4.79 Å². The summed E-state index contributed by atoms with van der Waals surface area (Å²) in [5.74, 6) is 0.140. The van der Waals surface area contributed by atoms with Crippen molar-refractivity contribution in [3.05, 3.63) is 42.5 Å². The molecule has 2 N–H and O–H groups in total. The molecule has 0 spiro atoms. The number of rotatable bonds is 5. The van der Waals surface area contributed by atoms with Crippen molar-refractivity contribution in [2.24, 2.45) is 5.73 Å². The minimum atomic E-state index is 0.0603. The molecule has 20 heavy (non-hydrogen) atoms. The lowest BCUT2D eigenvalue weighted by molar-refractivity contribution is -0.118. The zero-order valence-corrected chi connectivity index (χ0v) is 12.2. The summed E-state index contributed by atoms with van der Waals surface area (Å²) in [7, 11) is 0. The molecule has 1 amide bonds. The first-order valence-electron chi connectivity index (χ1n) is 7.17. The van der Waals surface area contributed by atoms with Crippen LogP contribution in [0.2, 0.25) is 0 Å². The predicted molar refractivity (Wildman–Crippen MR) is 84.9 cm³/mol. The monoisotopic (exact) mass is 270 g/mol. The van der Waals surface area contributed by atoms with Crippen LogP contribution in [-0.2, 0) is 4.79 Å². The number of hydrogen-bond acceptors (Lipinski definition) is 2. The zero-order valence-electron chi connectivity index (χ0n) is 12.2. The lowest BCUT2D eigenvalue weighted by atomic mass is 10.1. The van der Waals surface area contributed by atoms with E-state index in [9.17, 15) is 4.79 Å². The first-order valence-corrected chi connectivity index (χ1v) is 7.17. The topological polar surface area (TPSA) is 46.3 Å². The minimum Gasteiger partial charge on any atom is -0.328 e. The van der Waals surface area contributed by atoms with Crippen molar-refractivity contribution in [2.75, 3.05) is 11.4 Å². The van der Waals surface area contributed by atoms with Gasteiger partial charge in [0.05, 0.1) is 5.69 Å². The van der Waals surface area contributed by atoms with Gasteiger partial charge >= 0.3 is 0 Å². The molecule has 0 heterocycles. The molecule has 1 atom stereocenters. The van der Waals surface area contributed by atoms with Crippen molar-refractivity contribution in [2.45, 2.75) is 32.7 Å². The van der Waals surface area contributed by atoms with Crippen LogP contribution in [0.25, 0.3) is 10.8 Å². The fraction of sp³-hybridized carbons (Fsp3) is 0.353. The summed E-state index contributed by atoms with van der Waals surface area (Å²) in [6.45, 7) is 4.61. The van der Waals surface area contributed by atoms with Crippen LogP contribution in [0.3, 0.4) is 0 Å². The van der Waals surface area contributed by atoms with Crippen LogP contribution in [0, 0.1) is 0 Å². The molecule has 0 saturated heterocycles. The van der Waals surface area contributed by atoms with Gasteiger partial charge in [0.25, 0.3) is 0 Å². The number of nitrogens with zero attached hydrogens (tertiary/aromatic N) is 1. The van der Waals surface area contributed by atoms with E-state index in [4.69, 9.17) is 5.73 Å². The van der Waals surface area contributed by atoms with E-state index < -0.39 is 0 Å². The Balaban J connectivity index is 2.32. The molecule has 0 radical (unpaired) electrons. The van der Waals surface area contributed by atoms with Crippen LogP contribution in [-0.4, -0.2) is 18.5 Å². The molecule has 0 saturated carbocycles. The van der Waals surface area contributed by atoms with E-state index in [1.54, 1.807) is 0 Å². The molecule has 106 valence electrons. The van der Waals surface area contributed by atoms with Gasteiger partial charge in [-0.25, -0.2) is 0 Å². The van der Waals surface area contributed by atoms with Gasteiger partial charge in [-0.1, -0.05) is 36.4 Å². The Morgan fingerprint density at radius 1 is 1.20 bits per heavy atom. The lowest BCUT2D eigenvalue weighted by Gasteiger charge is -2.23. The normalized spacial score (nSPS) is 12.3. The first-order chi connectivity index (χ1) is 9.63. The smallest absolute Gasteiger partial charge is 0.227 e. The van der Waals surface area contributed by atoms with E-state index in [2.05, 4.69) is 18.2 Å². The lowest BCUT2D eigenvalue weighted by Crippen LogP contribution is -2.31. The summed E-state index contributed by atoms with van der Waals surface area (Å²) >= 11 is 0. The fourth-order valence-corrected chi connectivity index (χ4v) is 2.41. The largest absolute Gasteiger partial charge is 0.328 e. The van der Waals surface area contributed by atoms with Crippen molar-refractivity contribution in [1.82, 2.24) is 0 Å². The van der Waals surface area contributed by atoms with Crippen molar-refractivity contribution in [3.63, 3.8) is 0 Å². The van der Waals surface area contributed by atoms with Crippen LogP contribution in [0.4, 0.5) is 5.69 Å². The molecular weight excluding hydrogens is 248 g/mol. The number of benzene rings is 2. The Bertz CT molecular complexity index is 587. The van der Waals surface area contributed by atoms with Gasteiger partial charge in [0.2, 0.25) is 5.91 Å².